The highest BCUT2D eigenvalue weighted by molar-refractivity contribution is 9.10. The maximum Gasteiger partial charge on any atom is 0.0438 e. The fourth-order valence-electron chi connectivity index (χ4n) is 2.34. The molecule has 2 rings (SSSR count). The van der Waals surface area contributed by atoms with Crippen molar-refractivity contribution in [2.24, 2.45) is 0 Å². The second kappa shape index (κ2) is 7.82. The number of hydrogen-bond acceptors (Lipinski definition) is 1. The van der Waals surface area contributed by atoms with E-state index in [1.54, 1.807) is 0 Å². The maximum atomic E-state index is 6.26. The summed E-state index contributed by atoms with van der Waals surface area (Å²) in [6.07, 6.45) is 1.95. The molecule has 2 aromatic rings. The highest BCUT2D eigenvalue weighted by Gasteiger charge is 2.11. The average molecular weight is 353 g/mol. The minimum Gasteiger partial charge on any atom is -0.314 e. The predicted molar refractivity (Wildman–Crippen MR) is 90.5 cm³/mol. The van der Waals surface area contributed by atoms with Crippen molar-refractivity contribution in [3.8, 4) is 0 Å². The van der Waals surface area contributed by atoms with E-state index in [0.717, 1.165) is 28.9 Å². The number of nitrogens with one attached hydrogen (secondary N) is 1. The normalized spacial score (nSPS) is 12.3. The van der Waals surface area contributed by atoms with E-state index in [4.69, 9.17) is 11.6 Å². The number of benzene rings is 2. The Bertz CT molecular complexity index is 539. The van der Waals surface area contributed by atoms with Crippen molar-refractivity contribution in [2.75, 3.05) is 6.54 Å². The van der Waals surface area contributed by atoms with Crippen molar-refractivity contribution >= 4 is 27.5 Å². The topological polar surface area (TPSA) is 12.0 Å². The van der Waals surface area contributed by atoms with Gasteiger partial charge in [-0.1, -0.05) is 64.8 Å². The van der Waals surface area contributed by atoms with Crippen molar-refractivity contribution < 1.29 is 0 Å². The van der Waals surface area contributed by atoms with Crippen LogP contribution in [0, 0.1) is 0 Å². The molecule has 0 spiro atoms. The van der Waals surface area contributed by atoms with Gasteiger partial charge in [-0.2, -0.15) is 0 Å². The zero-order valence-electron chi connectivity index (χ0n) is 11.6. The lowest BCUT2D eigenvalue weighted by atomic mass is 9.99. The predicted octanol–water partition coefficient (Wildman–Crippen LogP) is 4.87. The molecule has 1 unspecified atom stereocenters. The minimum absolute atomic E-state index is 0.404. The molecule has 0 saturated carbocycles. The molecule has 20 heavy (non-hydrogen) atoms. The van der Waals surface area contributed by atoms with Crippen LogP contribution < -0.4 is 5.32 Å². The van der Waals surface area contributed by atoms with Crippen LogP contribution in [0.4, 0.5) is 0 Å². The molecule has 0 aromatic heterocycles. The molecule has 0 saturated heterocycles. The fraction of sp³-hybridized carbons (Fsp3) is 0.294. The summed E-state index contributed by atoms with van der Waals surface area (Å²) in [4.78, 5) is 0. The van der Waals surface area contributed by atoms with Crippen LogP contribution in [-0.4, -0.2) is 12.6 Å². The molecule has 1 nitrogen and oxygen atoms in total. The van der Waals surface area contributed by atoms with E-state index in [0.29, 0.717) is 6.04 Å². The van der Waals surface area contributed by atoms with Crippen LogP contribution in [-0.2, 0) is 12.8 Å². The van der Waals surface area contributed by atoms with Crippen LogP contribution in [0.1, 0.15) is 18.1 Å². The third kappa shape index (κ3) is 4.62. The summed E-state index contributed by atoms with van der Waals surface area (Å²) >= 11 is 9.73. The highest BCUT2D eigenvalue weighted by Crippen LogP contribution is 2.19. The molecule has 0 aliphatic carbocycles. The molecular formula is C17H19BrClN. The standard InChI is InChI=1S/C17H19BrClN/c1-2-20-16(11-13-7-9-15(18)10-8-13)12-14-5-3-4-6-17(14)19/h3-10,16,20H,2,11-12H2,1H3. The second-order valence-electron chi connectivity index (χ2n) is 4.88. The average Bonchev–Trinajstić information content (AvgIpc) is 2.44. The first-order valence-corrected chi connectivity index (χ1v) is 8.07. The van der Waals surface area contributed by atoms with Gasteiger partial charge in [0.1, 0.15) is 0 Å². The van der Waals surface area contributed by atoms with Gasteiger partial charge >= 0.3 is 0 Å². The summed E-state index contributed by atoms with van der Waals surface area (Å²) in [5.74, 6) is 0. The molecule has 0 fully saturated rings. The fourth-order valence-corrected chi connectivity index (χ4v) is 2.82. The highest BCUT2D eigenvalue weighted by atomic mass is 79.9. The summed E-state index contributed by atoms with van der Waals surface area (Å²) in [5.41, 5.74) is 2.54. The molecular weight excluding hydrogens is 334 g/mol. The van der Waals surface area contributed by atoms with E-state index in [1.807, 2.05) is 18.2 Å². The summed E-state index contributed by atoms with van der Waals surface area (Å²) in [6.45, 7) is 3.10. The Labute approximate surface area is 134 Å². The van der Waals surface area contributed by atoms with Crippen LogP contribution in [0.3, 0.4) is 0 Å². The molecule has 0 aliphatic heterocycles. The Morgan fingerprint density at radius 2 is 1.75 bits per heavy atom. The van der Waals surface area contributed by atoms with Gasteiger partial charge in [-0.15, -0.1) is 0 Å². The van der Waals surface area contributed by atoms with Gasteiger partial charge in [0, 0.05) is 15.5 Å². The van der Waals surface area contributed by atoms with Crippen LogP contribution in [0.15, 0.2) is 53.0 Å². The molecule has 0 radical (unpaired) electrons. The quantitative estimate of drug-likeness (QED) is 0.782. The van der Waals surface area contributed by atoms with Crippen molar-refractivity contribution in [1.29, 1.82) is 0 Å². The first-order valence-electron chi connectivity index (χ1n) is 6.90. The number of hydrogen-bond donors (Lipinski definition) is 1. The first kappa shape index (κ1) is 15.6. The molecule has 0 bridgehead atoms. The van der Waals surface area contributed by atoms with E-state index >= 15 is 0 Å². The van der Waals surface area contributed by atoms with Gasteiger partial charge in [0.05, 0.1) is 0 Å². The summed E-state index contributed by atoms with van der Waals surface area (Å²) < 4.78 is 1.12. The monoisotopic (exact) mass is 351 g/mol. The molecule has 0 aliphatic rings. The van der Waals surface area contributed by atoms with Crippen LogP contribution in [0.5, 0.6) is 0 Å². The van der Waals surface area contributed by atoms with Gasteiger partial charge in [-0.25, -0.2) is 0 Å². The molecule has 0 amide bonds. The second-order valence-corrected chi connectivity index (χ2v) is 6.20. The summed E-state index contributed by atoms with van der Waals surface area (Å²) in [5, 5.41) is 4.40. The SMILES string of the molecule is CCNC(Cc1ccc(Br)cc1)Cc1ccccc1Cl. The van der Waals surface area contributed by atoms with E-state index < -0.39 is 0 Å². The lowest BCUT2D eigenvalue weighted by molar-refractivity contribution is 0.521. The van der Waals surface area contributed by atoms with Gasteiger partial charge in [0.15, 0.2) is 0 Å². The first-order chi connectivity index (χ1) is 9.69. The van der Waals surface area contributed by atoms with Crippen LogP contribution in [0.25, 0.3) is 0 Å². The van der Waals surface area contributed by atoms with Crippen molar-refractivity contribution in [3.63, 3.8) is 0 Å². The van der Waals surface area contributed by atoms with Crippen LogP contribution in [0.2, 0.25) is 5.02 Å². The van der Waals surface area contributed by atoms with E-state index in [1.165, 1.54) is 11.1 Å². The lowest BCUT2D eigenvalue weighted by Gasteiger charge is -2.19. The molecule has 1 N–H and O–H groups in total. The zero-order chi connectivity index (χ0) is 14.4. The van der Waals surface area contributed by atoms with Gasteiger partial charge in [0.2, 0.25) is 0 Å². The van der Waals surface area contributed by atoms with Gasteiger partial charge in [-0.3, -0.25) is 0 Å². The summed E-state index contributed by atoms with van der Waals surface area (Å²) in [7, 11) is 0. The zero-order valence-corrected chi connectivity index (χ0v) is 13.9. The number of likely N-dealkylation sites (N-methyl/N-ethyl adjacent to an activating group) is 1. The third-order valence-electron chi connectivity index (χ3n) is 3.31. The molecule has 106 valence electrons. The lowest BCUT2D eigenvalue weighted by Crippen LogP contribution is -2.33. The minimum atomic E-state index is 0.404. The Morgan fingerprint density at radius 3 is 2.40 bits per heavy atom. The molecule has 2 aromatic carbocycles. The van der Waals surface area contributed by atoms with E-state index in [2.05, 4.69) is 58.5 Å². The Balaban J connectivity index is 2.07. The summed E-state index contributed by atoms with van der Waals surface area (Å²) in [6, 6.07) is 17.0. The Kier molecular flexibility index (Phi) is 6.08. The molecule has 3 heteroatoms. The van der Waals surface area contributed by atoms with Gasteiger partial charge in [-0.05, 0) is 48.7 Å². The van der Waals surface area contributed by atoms with E-state index in [-0.39, 0.29) is 0 Å². The Morgan fingerprint density at radius 1 is 1.05 bits per heavy atom. The van der Waals surface area contributed by atoms with Gasteiger partial charge in [0.25, 0.3) is 0 Å². The van der Waals surface area contributed by atoms with Gasteiger partial charge < -0.3 is 5.32 Å². The maximum absolute atomic E-state index is 6.26. The van der Waals surface area contributed by atoms with Crippen molar-refractivity contribution in [2.45, 2.75) is 25.8 Å². The van der Waals surface area contributed by atoms with Crippen molar-refractivity contribution in [3.05, 3.63) is 69.2 Å². The van der Waals surface area contributed by atoms with E-state index in [9.17, 15) is 0 Å². The number of halogens is 2. The Hall–Kier alpha value is -0.830. The number of rotatable bonds is 6. The van der Waals surface area contributed by atoms with Crippen LogP contribution >= 0.6 is 27.5 Å². The van der Waals surface area contributed by atoms with Crippen molar-refractivity contribution in [1.82, 2.24) is 5.32 Å². The largest absolute Gasteiger partial charge is 0.314 e. The smallest absolute Gasteiger partial charge is 0.0438 e. The molecule has 0 heterocycles. The molecule has 1 atom stereocenters. The third-order valence-corrected chi connectivity index (χ3v) is 4.21.